The monoisotopic (exact) mass is 336 g/mol. The number of benzene rings is 2. The topological polar surface area (TPSA) is 80.7 Å². The van der Waals surface area contributed by atoms with Gasteiger partial charge in [0.25, 0.3) is 0 Å². The predicted octanol–water partition coefficient (Wildman–Crippen LogP) is 3.34. The molecule has 0 aliphatic carbocycles. The molecule has 0 saturated heterocycles. The molecule has 1 unspecified atom stereocenters. The Labute approximate surface area is 132 Å². The Morgan fingerprint density at radius 1 is 1.17 bits per heavy atom. The van der Waals surface area contributed by atoms with Crippen molar-refractivity contribution in [2.45, 2.75) is 29.1 Å². The van der Waals surface area contributed by atoms with E-state index in [1.165, 1.54) is 18.2 Å². The van der Waals surface area contributed by atoms with Gasteiger partial charge in [0.15, 0.2) is 0 Å². The van der Waals surface area contributed by atoms with Gasteiger partial charge in [-0.15, -0.1) is 0 Å². The van der Waals surface area contributed by atoms with Gasteiger partial charge in [-0.05, 0) is 36.2 Å². The first-order valence-corrected chi connectivity index (χ1v) is 8.42. The fraction of sp³-hybridized carbons (Fsp3) is 0.188. The first kappa shape index (κ1) is 15.5. The first-order chi connectivity index (χ1) is 10.8. The average molecular weight is 336 g/mol. The molecule has 5 nitrogen and oxygen atoms in total. The lowest BCUT2D eigenvalue weighted by Gasteiger charge is -2.21. The molecule has 7 heteroatoms. The number of aliphatic carboxylic acids is 1. The predicted molar refractivity (Wildman–Crippen MR) is 79.0 cm³/mol. The number of ether oxygens (including phenoxy) is 1. The number of fused-ring (bicyclic) bond motifs is 2. The van der Waals surface area contributed by atoms with Gasteiger partial charge in [-0.25, -0.2) is 12.8 Å². The van der Waals surface area contributed by atoms with E-state index in [1.54, 1.807) is 6.92 Å². The second-order valence-electron chi connectivity index (χ2n) is 5.20. The van der Waals surface area contributed by atoms with Crippen LogP contribution in [0.15, 0.2) is 46.2 Å². The molecule has 0 spiro atoms. The number of hydrogen-bond donors (Lipinski definition) is 1. The summed E-state index contributed by atoms with van der Waals surface area (Å²) in [4.78, 5) is 11.0. The fourth-order valence-electron chi connectivity index (χ4n) is 2.61. The van der Waals surface area contributed by atoms with Crippen LogP contribution < -0.4 is 4.74 Å². The average Bonchev–Trinajstić information content (AvgIpc) is 2.48. The Kier molecular flexibility index (Phi) is 3.60. The third-order valence-corrected chi connectivity index (χ3v) is 5.60. The molecule has 120 valence electrons. The number of rotatable bonds is 3. The SMILES string of the molecule is CCC(C(=O)O)c1ccc2c(c1)S(=O)(=O)c1ccc(F)cc1O2. The molecule has 0 radical (unpaired) electrons. The summed E-state index contributed by atoms with van der Waals surface area (Å²) in [7, 11) is -3.89. The van der Waals surface area contributed by atoms with Crippen LogP contribution in [0.2, 0.25) is 0 Å². The molecule has 2 aromatic rings. The zero-order valence-electron chi connectivity index (χ0n) is 12.1. The lowest BCUT2D eigenvalue weighted by molar-refractivity contribution is -0.138. The third kappa shape index (κ3) is 2.46. The van der Waals surface area contributed by atoms with Crippen molar-refractivity contribution in [3.05, 3.63) is 47.8 Å². The standard InChI is InChI=1S/C16H13FO5S/c1-2-11(16(18)19)9-3-5-12-15(7-9)23(20,21)14-6-4-10(17)8-13(14)22-12/h3-8,11H,2H2,1H3,(H,18,19). The number of halogens is 1. The molecule has 23 heavy (non-hydrogen) atoms. The van der Waals surface area contributed by atoms with E-state index in [4.69, 9.17) is 4.74 Å². The zero-order chi connectivity index (χ0) is 16.8. The maximum Gasteiger partial charge on any atom is 0.310 e. The van der Waals surface area contributed by atoms with E-state index in [0.717, 1.165) is 18.2 Å². The van der Waals surface area contributed by atoms with Gasteiger partial charge >= 0.3 is 5.97 Å². The minimum absolute atomic E-state index is 0.0621. The Bertz CT molecular complexity index is 905. The molecule has 1 atom stereocenters. The van der Waals surface area contributed by atoms with Crippen LogP contribution in [-0.4, -0.2) is 19.5 Å². The summed E-state index contributed by atoms with van der Waals surface area (Å²) in [6, 6.07) is 7.43. The smallest absolute Gasteiger partial charge is 0.310 e. The first-order valence-electron chi connectivity index (χ1n) is 6.94. The van der Waals surface area contributed by atoms with Crippen molar-refractivity contribution in [2.24, 2.45) is 0 Å². The largest absolute Gasteiger partial charge is 0.481 e. The molecule has 1 heterocycles. The number of carbonyl (C=O) groups is 1. The molecule has 0 amide bonds. The molecular formula is C16H13FO5S. The minimum atomic E-state index is -3.89. The van der Waals surface area contributed by atoms with Crippen molar-refractivity contribution in [2.75, 3.05) is 0 Å². The van der Waals surface area contributed by atoms with Crippen LogP contribution in [-0.2, 0) is 14.6 Å². The number of hydrogen-bond acceptors (Lipinski definition) is 4. The van der Waals surface area contributed by atoms with Gasteiger partial charge in [0.1, 0.15) is 27.1 Å². The summed E-state index contributed by atoms with van der Waals surface area (Å²) >= 11 is 0. The quantitative estimate of drug-likeness (QED) is 0.742. The van der Waals surface area contributed by atoms with E-state index >= 15 is 0 Å². The second kappa shape index (κ2) is 5.34. The molecule has 1 N–H and O–H groups in total. The molecular weight excluding hydrogens is 323 g/mol. The van der Waals surface area contributed by atoms with Crippen LogP contribution in [0, 0.1) is 5.82 Å². The van der Waals surface area contributed by atoms with Gasteiger partial charge in [-0.3, -0.25) is 4.79 Å². The van der Waals surface area contributed by atoms with Crippen LogP contribution in [0.4, 0.5) is 4.39 Å². The highest BCUT2D eigenvalue weighted by molar-refractivity contribution is 7.91. The molecule has 2 aromatic carbocycles. The van der Waals surface area contributed by atoms with Crippen LogP contribution in [0.25, 0.3) is 0 Å². The van der Waals surface area contributed by atoms with Crippen molar-refractivity contribution in [1.82, 2.24) is 0 Å². The highest BCUT2D eigenvalue weighted by Gasteiger charge is 2.33. The molecule has 0 aromatic heterocycles. The van der Waals surface area contributed by atoms with Crippen LogP contribution in [0.1, 0.15) is 24.8 Å². The van der Waals surface area contributed by atoms with Crippen LogP contribution in [0.5, 0.6) is 11.5 Å². The summed E-state index contributed by atoms with van der Waals surface area (Å²) in [5.41, 5.74) is 0.386. The van der Waals surface area contributed by atoms with Gasteiger partial charge in [-0.1, -0.05) is 13.0 Å². The molecule has 1 aliphatic rings. The van der Waals surface area contributed by atoms with Gasteiger partial charge in [-0.2, -0.15) is 0 Å². The van der Waals surface area contributed by atoms with Gasteiger partial charge in [0, 0.05) is 6.07 Å². The van der Waals surface area contributed by atoms with E-state index in [-0.39, 0.29) is 21.3 Å². The maximum atomic E-state index is 13.3. The normalized spacial score (nSPS) is 15.9. The Morgan fingerprint density at radius 2 is 1.91 bits per heavy atom. The van der Waals surface area contributed by atoms with Crippen molar-refractivity contribution < 1.29 is 27.4 Å². The molecule has 0 bridgehead atoms. The summed E-state index contributed by atoms with van der Waals surface area (Å²) in [5.74, 6) is -2.44. The Hall–Kier alpha value is -2.41. The van der Waals surface area contributed by atoms with Crippen molar-refractivity contribution in [3.63, 3.8) is 0 Å². The van der Waals surface area contributed by atoms with Crippen molar-refractivity contribution >= 4 is 15.8 Å². The molecule has 0 saturated carbocycles. The third-order valence-electron chi connectivity index (χ3n) is 3.78. The number of carboxylic acid groups (broad SMARTS) is 1. The summed E-state index contributed by atoms with van der Waals surface area (Å²) in [6.45, 7) is 1.71. The summed E-state index contributed by atoms with van der Waals surface area (Å²) in [5, 5.41) is 9.23. The number of carboxylic acids is 1. The van der Waals surface area contributed by atoms with E-state index in [2.05, 4.69) is 0 Å². The minimum Gasteiger partial charge on any atom is -0.481 e. The Balaban J connectivity index is 2.17. The Morgan fingerprint density at radius 3 is 2.57 bits per heavy atom. The van der Waals surface area contributed by atoms with E-state index in [9.17, 15) is 22.7 Å². The van der Waals surface area contributed by atoms with Crippen LogP contribution >= 0.6 is 0 Å². The van der Waals surface area contributed by atoms with Crippen molar-refractivity contribution in [1.29, 1.82) is 0 Å². The summed E-state index contributed by atoms with van der Waals surface area (Å²) < 4.78 is 44.1. The van der Waals surface area contributed by atoms with Gasteiger partial charge < -0.3 is 9.84 Å². The maximum absolute atomic E-state index is 13.3. The lowest BCUT2D eigenvalue weighted by Crippen LogP contribution is -2.14. The van der Waals surface area contributed by atoms with E-state index in [0.29, 0.717) is 12.0 Å². The summed E-state index contributed by atoms with van der Waals surface area (Å²) in [6.07, 6.45) is 0.330. The lowest BCUT2D eigenvalue weighted by atomic mass is 9.97. The van der Waals surface area contributed by atoms with E-state index < -0.39 is 27.5 Å². The highest BCUT2D eigenvalue weighted by Crippen LogP contribution is 2.43. The highest BCUT2D eigenvalue weighted by atomic mass is 32.2. The molecule has 1 aliphatic heterocycles. The second-order valence-corrected chi connectivity index (χ2v) is 7.09. The molecule has 3 rings (SSSR count). The van der Waals surface area contributed by atoms with Gasteiger partial charge in [0.2, 0.25) is 9.84 Å². The molecule has 0 fully saturated rings. The fourth-order valence-corrected chi connectivity index (χ4v) is 4.12. The van der Waals surface area contributed by atoms with E-state index in [1.807, 2.05) is 0 Å². The van der Waals surface area contributed by atoms with Gasteiger partial charge in [0.05, 0.1) is 5.92 Å². The van der Waals surface area contributed by atoms with Crippen molar-refractivity contribution in [3.8, 4) is 11.5 Å². The number of sulfone groups is 1. The van der Waals surface area contributed by atoms with Crippen LogP contribution in [0.3, 0.4) is 0 Å². The zero-order valence-corrected chi connectivity index (χ0v) is 12.9.